The van der Waals surface area contributed by atoms with Gasteiger partial charge in [0, 0.05) is 24.7 Å². The second-order valence-electron chi connectivity index (χ2n) is 7.13. The molecule has 1 aromatic heterocycles. The van der Waals surface area contributed by atoms with Gasteiger partial charge in [-0.2, -0.15) is 0 Å². The third-order valence-electron chi connectivity index (χ3n) is 5.30. The molecule has 0 aliphatic carbocycles. The molecule has 0 saturated carbocycles. The van der Waals surface area contributed by atoms with E-state index < -0.39 is 6.04 Å². The average molecular weight is 391 g/mol. The minimum Gasteiger partial charge on any atom is -0.355 e. The Morgan fingerprint density at radius 2 is 1.83 bits per heavy atom. The molecule has 29 heavy (non-hydrogen) atoms. The quantitative estimate of drug-likeness (QED) is 0.799. The summed E-state index contributed by atoms with van der Waals surface area (Å²) in [5.41, 5.74) is 2.49. The first kappa shape index (κ1) is 18.8. The van der Waals surface area contributed by atoms with Crippen LogP contribution >= 0.6 is 0 Å². The molecule has 0 bridgehead atoms. The normalized spacial score (nSPS) is 17.4. The molecule has 1 aromatic carbocycles. The largest absolute Gasteiger partial charge is 0.355 e. The highest BCUT2D eigenvalue weighted by molar-refractivity contribution is 6.19. The third-order valence-corrected chi connectivity index (χ3v) is 5.30. The topological polar surface area (TPSA) is 95.5 Å². The molecular weight excluding hydrogens is 370 g/mol. The first-order chi connectivity index (χ1) is 14.0. The SMILES string of the molecule is C[C@H](C(=O)Nc1ccc(-c2ccccc2)nn1)N1CCCC2=C1C(=O)N(C)C2=O. The number of nitrogens with one attached hydrogen (secondary N) is 1. The van der Waals surface area contributed by atoms with E-state index in [2.05, 4.69) is 15.5 Å². The zero-order chi connectivity index (χ0) is 20.5. The number of likely N-dealkylation sites (N-methyl/N-ethyl adjacent to an activating group) is 1. The fourth-order valence-corrected chi connectivity index (χ4v) is 3.66. The Balaban J connectivity index is 1.49. The van der Waals surface area contributed by atoms with Crippen molar-refractivity contribution in [3.05, 3.63) is 53.7 Å². The molecule has 0 saturated heterocycles. The Labute approximate surface area is 168 Å². The van der Waals surface area contributed by atoms with Gasteiger partial charge in [0.15, 0.2) is 5.82 Å². The number of imide groups is 1. The Kier molecular flexibility index (Phi) is 4.84. The van der Waals surface area contributed by atoms with Crippen molar-refractivity contribution in [3.63, 3.8) is 0 Å². The molecular formula is C21H21N5O3. The van der Waals surface area contributed by atoms with E-state index >= 15 is 0 Å². The third kappa shape index (κ3) is 3.37. The van der Waals surface area contributed by atoms with Crippen LogP contribution in [0.1, 0.15) is 19.8 Å². The van der Waals surface area contributed by atoms with E-state index in [1.807, 2.05) is 30.3 Å². The minimum atomic E-state index is -0.626. The number of amides is 3. The van der Waals surface area contributed by atoms with Gasteiger partial charge in [0.2, 0.25) is 5.91 Å². The smallest absolute Gasteiger partial charge is 0.277 e. The van der Waals surface area contributed by atoms with Crippen molar-refractivity contribution in [2.24, 2.45) is 0 Å². The Morgan fingerprint density at radius 1 is 1.07 bits per heavy atom. The average Bonchev–Trinajstić information content (AvgIpc) is 2.98. The fourth-order valence-electron chi connectivity index (χ4n) is 3.66. The van der Waals surface area contributed by atoms with Crippen LogP contribution in [-0.2, 0) is 14.4 Å². The highest BCUT2D eigenvalue weighted by Crippen LogP contribution is 2.32. The van der Waals surface area contributed by atoms with Gasteiger partial charge in [0.25, 0.3) is 11.8 Å². The van der Waals surface area contributed by atoms with Gasteiger partial charge in [-0.1, -0.05) is 30.3 Å². The fraction of sp³-hybridized carbons (Fsp3) is 0.286. The lowest BCUT2D eigenvalue weighted by Gasteiger charge is -2.33. The summed E-state index contributed by atoms with van der Waals surface area (Å²) in [7, 11) is 1.47. The summed E-state index contributed by atoms with van der Waals surface area (Å²) in [6, 6.07) is 12.5. The first-order valence-corrected chi connectivity index (χ1v) is 9.49. The number of aromatic nitrogens is 2. The monoisotopic (exact) mass is 391 g/mol. The Bertz CT molecular complexity index is 1000. The molecule has 148 valence electrons. The van der Waals surface area contributed by atoms with Crippen LogP contribution in [0.2, 0.25) is 0 Å². The lowest BCUT2D eigenvalue weighted by Crippen LogP contribution is -2.45. The molecule has 3 heterocycles. The van der Waals surface area contributed by atoms with Crippen molar-refractivity contribution in [1.29, 1.82) is 0 Å². The van der Waals surface area contributed by atoms with Crippen LogP contribution in [0.5, 0.6) is 0 Å². The van der Waals surface area contributed by atoms with Gasteiger partial charge in [-0.25, -0.2) is 0 Å². The van der Waals surface area contributed by atoms with E-state index in [1.54, 1.807) is 24.0 Å². The molecule has 2 aliphatic heterocycles. The number of carbonyl (C=O) groups is 3. The summed E-state index contributed by atoms with van der Waals surface area (Å²) >= 11 is 0. The summed E-state index contributed by atoms with van der Waals surface area (Å²) in [5.74, 6) is -0.602. The second-order valence-corrected chi connectivity index (χ2v) is 7.13. The molecule has 2 aromatic rings. The van der Waals surface area contributed by atoms with Gasteiger partial charge in [0.05, 0.1) is 5.69 Å². The van der Waals surface area contributed by atoms with Gasteiger partial charge >= 0.3 is 0 Å². The molecule has 2 aliphatic rings. The lowest BCUT2D eigenvalue weighted by molar-refractivity contribution is -0.136. The van der Waals surface area contributed by atoms with Crippen LogP contribution in [0.4, 0.5) is 5.82 Å². The Morgan fingerprint density at radius 3 is 2.52 bits per heavy atom. The van der Waals surface area contributed by atoms with Gasteiger partial charge in [-0.3, -0.25) is 19.3 Å². The molecule has 0 radical (unpaired) electrons. The summed E-state index contributed by atoms with van der Waals surface area (Å²) in [4.78, 5) is 40.3. The number of hydrogen-bond donors (Lipinski definition) is 1. The molecule has 1 N–H and O–H groups in total. The summed E-state index contributed by atoms with van der Waals surface area (Å²) in [6.45, 7) is 2.26. The predicted molar refractivity (Wildman–Crippen MR) is 106 cm³/mol. The van der Waals surface area contributed by atoms with Crippen molar-refractivity contribution in [2.45, 2.75) is 25.8 Å². The molecule has 3 amide bonds. The van der Waals surface area contributed by atoms with Gasteiger partial charge in [-0.05, 0) is 31.9 Å². The summed E-state index contributed by atoms with van der Waals surface area (Å²) in [6.07, 6.45) is 1.27. The van der Waals surface area contributed by atoms with Crippen molar-refractivity contribution >= 4 is 23.5 Å². The van der Waals surface area contributed by atoms with Crippen molar-refractivity contribution < 1.29 is 14.4 Å². The van der Waals surface area contributed by atoms with Crippen molar-refractivity contribution in [2.75, 3.05) is 18.9 Å². The van der Waals surface area contributed by atoms with Crippen LogP contribution < -0.4 is 5.32 Å². The van der Waals surface area contributed by atoms with E-state index in [4.69, 9.17) is 0 Å². The van der Waals surface area contributed by atoms with Crippen LogP contribution in [0.3, 0.4) is 0 Å². The number of carbonyl (C=O) groups excluding carboxylic acids is 3. The number of anilines is 1. The van der Waals surface area contributed by atoms with Crippen LogP contribution in [0.15, 0.2) is 53.7 Å². The van der Waals surface area contributed by atoms with Crippen molar-refractivity contribution in [1.82, 2.24) is 20.0 Å². The maximum absolute atomic E-state index is 12.8. The molecule has 4 rings (SSSR count). The van der Waals surface area contributed by atoms with Gasteiger partial charge < -0.3 is 10.2 Å². The van der Waals surface area contributed by atoms with Crippen LogP contribution in [0, 0.1) is 0 Å². The summed E-state index contributed by atoms with van der Waals surface area (Å²) < 4.78 is 0. The first-order valence-electron chi connectivity index (χ1n) is 9.49. The maximum Gasteiger partial charge on any atom is 0.277 e. The zero-order valence-corrected chi connectivity index (χ0v) is 16.3. The maximum atomic E-state index is 12.8. The van der Waals surface area contributed by atoms with E-state index in [0.29, 0.717) is 35.7 Å². The minimum absolute atomic E-state index is 0.273. The number of hydrogen-bond acceptors (Lipinski definition) is 6. The zero-order valence-electron chi connectivity index (χ0n) is 16.3. The molecule has 8 nitrogen and oxygen atoms in total. The molecule has 0 fully saturated rings. The van der Waals surface area contributed by atoms with Crippen molar-refractivity contribution in [3.8, 4) is 11.3 Å². The molecule has 0 unspecified atom stereocenters. The van der Waals surface area contributed by atoms with E-state index in [9.17, 15) is 14.4 Å². The summed E-state index contributed by atoms with van der Waals surface area (Å²) in [5, 5.41) is 11.0. The number of benzene rings is 1. The molecule has 1 atom stereocenters. The standard InChI is InChI=1S/C21H21N5O3/c1-13(26-12-6-9-15-18(26)21(29)25(2)20(15)28)19(27)22-17-11-10-16(23-24-17)14-7-4-3-5-8-14/h3-5,7-8,10-11,13H,6,9,12H2,1-2H3,(H,22,24,27)/t13-/m1/s1. The second kappa shape index (κ2) is 7.46. The van der Waals surface area contributed by atoms with Gasteiger partial charge in [0.1, 0.15) is 11.7 Å². The van der Waals surface area contributed by atoms with E-state index in [1.165, 1.54) is 7.05 Å². The van der Waals surface area contributed by atoms with Gasteiger partial charge in [-0.15, -0.1) is 10.2 Å². The predicted octanol–water partition coefficient (Wildman–Crippen LogP) is 1.82. The number of rotatable bonds is 4. The molecule has 8 heteroatoms. The highest BCUT2D eigenvalue weighted by Gasteiger charge is 2.42. The number of nitrogens with zero attached hydrogens (tertiary/aromatic N) is 4. The van der Waals surface area contributed by atoms with E-state index in [-0.39, 0.29) is 17.7 Å². The molecule has 0 spiro atoms. The van der Waals surface area contributed by atoms with Crippen LogP contribution in [0.25, 0.3) is 11.3 Å². The van der Waals surface area contributed by atoms with E-state index in [0.717, 1.165) is 16.9 Å². The lowest BCUT2D eigenvalue weighted by atomic mass is 10.0. The Hall–Kier alpha value is -3.55. The van der Waals surface area contributed by atoms with Crippen LogP contribution in [-0.4, -0.2) is 57.4 Å². The highest BCUT2D eigenvalue weighted by atomic mass is 16.2.